The predicted octanol–water partition coefficient (Wildman–Crippen LogP) is 5.55. The quantitative estimate of drug-likeness (QED) is 0.502. The van der Waals surface area contributed by atoms with Crippen LogP contribution in [-0.4, -0.2) is 28.2 Å². The first-order chi connectivity index (χ1) is 15.1. The molecule has 1 atom stereocenters. The largest absolute Gasteiger partial charge is 0.326 e. The number of anilines is 2. The van der Waals surface area contributed by atoms with Gasteiger partial charge in [0.15, 0.2) is 0 Å². The van der Waals surface area contributed by atoms with E-state index in [4.69, 9.17) is 11.6 Å². The topological polar surface area (TPSA) is 73.8 Å². The maximum atomic E-state index is 13.2. The highest BCUT2D eigenvalue weighted by Crippen LogP contribution is 2.32. The number of alkyl halides is 1. The van der Waals surface area contributed by atoms with Gasteiger partial charge in [0.25, 0.3) is 0 Å². The fourth-order valence-electron chi connectivity index (χ4n) is 4.01. The summed E-state index contributed by atoms with van der Waals surface area (Å²) in [6, 6.07) is 19.6. The van der Waals surface area contributed by atoms with Gasteiger partial charge >= 0.3 is 11.3 Å². The van der Waals surface area contributed by atoms with E-state index in [1.807, 2.05) is 60.7 Å². The molecule has 3 aromatic rings. The molecule has 0 aliphatic carbocycles. The Kier molecular flexibility index (Phi) is 5.29. The van der Waals surface area contributed by atoms with Gasteiger partial charge in [-0.15, -0.1) is 11.6 Å². The molecular formula is C23H19ClN4O2S. The van der Waals surface area contributed by atoms with Crippen LogP contribution in [0, 0.1) is 0 Å². The summed E-state index contributed by atoms with van der Waals surface area (Å²) in [5, 5.41) is 9.02. The van der Waals surface area contributed by atoms with Crippen LogP contribution in [0.5, 0.6) is 0 Å². The highest BCUT2D eigenvalue weighted by Gasteiger charge is 2.27. The molecule has 5 rings (SSSR count). The number of nitrogens with zero attached hydrogens (tertiary/aromatic N) is 2. The second-order valence-corrected chi connectivity index (χ2v) is 9.16. The number of aryl methyl sites for hydroxylation is 1. The van der Waals surface area contributed by atoms with Gasteiger partial charge in [-0.2, -0.15) is 5.10 Å². The van der Waals surface area contributed by atoms with Crippen molar-refractivity contribution < 1.29 is 9.59 Å². The number of hydrazone groups is 1. The van der Waals surface area contributed by atoms with Crippen LogP contribution in [0.1, 0.15) is 17.5 Å². The number of carbonyl (C=O) groups is 2. The van der Waals surface area contributed by atoms with Crippen LogP contribution in [0.25, 0.3) is 10.8 Å². The van der Waals surface area contributed by atoms with E-state index in [1.54, 1.807) is 4.90 Å². The van der Waals surface area contributed by atoms with E-state index in [0.717, 1.165) is 57.9 Å². The highest BCUT2D eigenvalue weighted by molar-refractivity contribution is 8.15. The molecule has 2 aliphatic rings. The number of carbonyl (C=O) groups excluding carboxylic acids is 2. The first kappa shape index (κ1) is 19.9. The number of hydrogen-bond donors (Lipinski definition) is 2. The lowest BCUT2D eigenvalue weighted by atomic mass is 9.98. The first-order valence-corrected chi connectivity index (χ1v) is 11.3. The minimum absolute atomic E-state index is 0.155. The third-order valence-corrected chi connectivity index (χ3v) is 6.67. The van der Waals surface area contributed by atoms with Crippen molar-refractivity contribution in [3.63, 3.8) is 0 Å². The average molecular weight is 451 g/mol. The Labute approximate surface area is 188 Å². The summed E-state index contributed by atoms with van der Waals surface area (Å²) in [5.41, 5.74) is 6.66. The lowest BCUT2D eigenvalue weighted by Gasteiger charge is -2.30. The van der Waals surface area contributed by atoms with Crippen LogP contribution in [0.15, 0.2) is 65.8 Å². The minimum atomic E-state index is -0.541. The Balaban J connectivity index is 1.42. The fraction of sp³-hybridized carbons (Fsp3) is 0.174. The Bertz CT molecular complexity index is 1220. The molecule has 0 spiro atoms. The smallest absolute Gasteiger partial charge is 0.307 e. The second-order valence-electron chi connectivity index (χ2n) is 7.39. The molecule has 0 bridgehead atoms. The number of rotatable bonds is 2. The summed E-state index contributed by atoms with van der Waals surface area (Å²) in [6.07, 6.45) is 1.72. The van der Waals surface area contributed by atoms with Crippen molar-refractivity contribution in [3.05, 3.63) is 71.8 Å². The van der Waals surface area contributed by atoms with Crippen LogP contribution in [0.2, 0.25) is 0 Å². The van der Waals surface area contributed by atoms with Gasteiger partial charge in [0.2, 0.25) is 0 Å². The minimum Gasteiger partial charge on any atom is -0.307 e. The van der Waals surface area contributed by atoms with Gasteiger partial charge in [0.1, 0.15) is 4.71 Å². The molecule has 31 heavy (non-hydrogen) atoms. The van der Waals surface area contributed by atoms with E-state index < -0.39 is 4.71 Å². The molecule has 1 unspecified atom stereocenters. The van der Waals surface area contributed by atoms with Gasteiger partial charge in [0.05, 0.1) is 11.4 Å². The van der Waals surface area contributed by atoms with E-state index in [0.29, 0.717) is 12.3 Å². The SMILES string of the molecule is O=C1NN=C(c2ccc3c(c2)CCCN3C(=O)Nc2cccc3ccccc23)C(Cl)S1. The summed E-state index contributed by atoms with van der Waals surface area (Å²) in [7, 11) is 0. The van der Waals surface area contributed by atoms with Crippen molar-refractivity contribution in [1.82, 2.24) is 5.43 Å². The third-order valence-electron chi connectivity index (χ3n) is 5.46. The Hall–Kier alpha value is -3.03. The number of halogens is 1. The zero-order chi connectivity index (χ0) is 21.4. The number of urea groups is 1. The van der Waals surface area contributed by atoms with Gasteiger partial charge in [-0.05, 0) is 53.8 Å². The molecule has 0 radical (unpaired) electrons. The van der Waals surface area contributed by atoms with Gasteiger partial charge in [-0.3, -0.25) is 9.69 Å². The van der Waals surface area contributed by atoms with E-state index in [1.165, 1.54) is 0 Å². The number of thioether (sulfide) groups is 1. The van der Waals surface area contributed by atoms with Crippen LogP contribution < -0.4 is 15.6 Å². The molecule has 2 heterocycles. The molecule has 0 aromatic heterocycles. The molecular weight excluding hydrogens is 432 g/mol. The predicted molar refractivity (Wildman–Crippen MR) is 127 cm³/mol. The number of hydrogen-bond acceptors (Lipinski definition) is 4. The molecule has 3 aromatic carbocycles. The molecule has 8 heteroatoms. The zero-order valence-electron chi connectivity index (χ0n) is 16.5. The van der Waals surface area contributed by atoms with Gasteiger partial charge < -0.3 is 5.32 Å². The summed E-state index contributed by atoms with van der Waals surface area (Å²) >= 11 is 7.31. The third kappa shape index (κ3) is 3.86. The summed E-state index contributed by atoms with van der Waals surface area (Å²) in [5.74, 6) is 0. The lowest BCUT2D eigenvalue weighted by molar-refractivity contribution is 0.256. The van der Waals surface area contributed by atoms with E-state index in [-0.39, 0.29) is 11.3 Å². The Morgan fingerprint density at radius 2 is 2.00 bits per heavy atom. The number of fused-ring (bicyclic) bond motifs is 2. The molecule has 3 amide bonds. The monoisotopic (exact) mass is 450 g/mol. The first-order valence-electron chi connectivity index (χ1n) is 9.98. The maximum Gasteiger partial charge on any atom is 0.326 e. The second kappa shape index (κ2) is 8.24. The molecule has 156 valence electrons. The molecule has 2 aliphatic heterocycles. The van der Waals surface area contributed by atoms with Crippen molar-refractivity contribution in [2.24, 2.45) is 5.10 Å². The zero-order valence-corrected chi connectivity index (χ0v) is 18.0. The van der Waals surface area contributed by atoms with Crippen LogP contribution >= 0.6 is 23.4 Å². The van der Waals surface area contributed by atoms with E-state index in [9.17, 15) is 9.59 Å². The number of benzene rings is 3. The van der Waals surface area contributed by atoms with Crippen molar-refractivity contribution in [2.75, 3.05) is 16.8 Å². The molecule has 0 saturated heterocycles. The van der Waals surface area contributed by atoms with Crippen LogP contribution in [0.4, 0.5) is 21.0 Å². The van der Waals surface area contributed by atoms with Crippen molar-refractivity contribution in [3.8, 4) is 0 Å². The van der Waals surface area contributed by atoms with Crippen LogP contribution in [-0.2, 0) is 6.42 Å². The van der Waals surface area contributed by atoms with Gasteiger partial charge in [0, 0.05) is 23.2 Å². The normalized spacial score (nSPS) is 18.2. The van der Waals surface area contributed by atoms with E-state index >= 15 is 0 Å². The fourth-order valence-corrected chi connectivity index (χ4v) is 5.02. The summed E-state index contributed by atoms with van der Waals surface area (Å²) in [6.45, 7) is 0.647. The Morgan fingerprint density at radius 3 is 2.87 bits per heavy atom. The summed E-state index contributed by atoms with van der Waals surface area (Å²) in [4.78, 5) is 26.4. The highest BCUT2D eigenvalue weighted by atomic mass is 35.5. The molecule has 0 fully saturated rings. The van der Waals surface area contributed by atoms with E-state index in [2.05, 4.69) is 15.8 Å². The molecule has 6 nitrogen and oxygen atoms in total. The van der Waals surface area contributed by atoms with Crippen molar-refractivity contribution in [1.29, 1.82) is 0 Å². The maximum absolute atomic E-state index is 13.2. The number of nitrogens with one attached hydrogen (secondary N) is 2. The van der Waals surface area contributed by atoms with Crippen molar-refractivity contribution in [2.45, 2.75) is 17.6 Å². The number of amides is 3. The van der Waals surface area contributed by atoms with Gasteiger partial charge in [-0.1, -0.05) is 42.5 Å². The average Bonchev–Trinajstić information content (AvgIpc) is 2.78. The standard InChI is InChI=1S/C23H19ClN4O2S/c24-21-20(26-27-23(30)31-21)16-10-11-19-15(13-16)7-4-12-28(19)22(29)25-18-9-3-6-14-5-1-2-8-17(14)18/h1-3,5-6,8-11,13,21H,4,7,12H2,(H,25,29)(H,27,30). The Morgan fingerprint density at radius 1 is 1.16 bits per heavy atom. The van der Waals surface area contributed by atoms with Crippen LogP contribution in [0.3, 0.4) is 0 Å². The van der Waals surface area contributed by atoms with Gasteiger partial charge in [-0.25, -0.2) is 10.2 Å². The molecule has 0 saturated carbocycles. The molecule has 2 N–H and O–H groups in total. The van der Waals surface area contributed by atoms with Crippen molar-refractivity contribution >= 4 is 62.5 Å². The summed E-state index contributed by atoms with van der Waals surface area (Å²) < 4.78 is -0.541. The lowest BCUT2D eigenvalue weighted by Crippen LogP contribution is -2.39.